The van der Waals surface area contributed by atoms with Gasteiger partial charge in [0.05, 0.1) is 12.6 Å². The molecule has 140 valence electrons. The third-order valence-corrected chi connectivity index (χ3v) is 4.63. The lowest BCUT2D eigenvalue weighted by Crippen LogP contribution is -2.41. The van der Waals surface area contributed by atoms with E-state index < -0.39 is 0 Å². The molecule has 0 bridgehead atoms. The third kappa shape index (κ3) is 4.45. The van der Waals surface area contributed by atoms with Crippen LogP contribution in [0.2, 0.25) is 0 Å². The second-order valence-electron chi connectivity index (χ2n) is 7.17. The topological polar surface area (TPSA) is 70.0 Å². The zero-order valence-corrected chi connectivity index (χ0v) is 16.1. The van der Waals surface area contributed by atoms with Crippen LogP contribution in [0, 0.1) is 17.7 Å². The van der Waals surface area contributed by atoms with Crippen molar-refractivity contribution in [3.05, 3.63) is 62.9 Å². The molecule has 1 aliphatic rings. The summed E-state index contributed by atoms with van der Waals surface area (Å²) in [5, 5.41) is 7.12. The Morgan fingerprint density at radius 3 is 2.42 bits per heavy atom. The first-order valence-electron chi connectivity index (χ1n) is 8.92. The molecular formula is C20H27FN4O. The van der Waals surface area contributed by atoms with Crippen molar-refractivity contribution in [1.82, 2.24) is 5.32 Å². The van der Waals surface area contributed by atoms with Gasteiger partial charge in [-0.25, -0.2) is 4.39 Å². The lowest BCUT2D eigenvalue weighted by molar-refractivity contribution is 0.156. The summed E-state index contributed by atoms with van der Waals surface area (Å²) in [4.78, 5) is 2.73. The number of hydrogen-bond acceptors (Lipinski definition) is 3. The molecule has 1 aromatic rings. The van der Waals surface area contributed by atoms with Gasteiger partial charge in [0.2, 0.25) is 0 Å². The molecule has 1 aliphatic heterocycles. The average molecular weight is 358 g/mol. The summed E-state index contributed by atoms with van der Waals surface area (Å²) in [5.41, 5.74) is 13.9. The fourth-order valence-electron chi connectivity index (χ4n) is 3.47. The van der Waals surface area contributed by atoms with Crippen molar-refractivity contribution in [2.24, 2.45) is 17.0 Å². The number of nitrogens with zero attached hydrogens (tertiary/aromatic N) is 3. The molecule has 0 radical (unpaired) electrons. The Bertz CT molecular complexity index is 744. The van der Waals surface area contributed by atoms with E-state index in [2.05, 4.69) is 50.0 Å². The van der Waals surface area contributed by atoms with Gasteiger partial charge in [0.1, 0.15) is 12.5 Å². The summed E-state index contributed by atoms with van der Waals surface area (Å²) in [7, 11) is 0. The van der Waals surface area contributed by atoms with Gasteiger partial charge in [0.15, 0.2) is 0 Å². The van der Waals surface area contributed by atoms with Crippen LogP contribution in [0.3, 0.4) is 0 Å². The molecular weight excluding hydrogens is 331 g/mol. The molecule has 1 heterocycles. The number of hydrogen-bond donors (Lipinski definition) is 1. The molecule has 1 N–H and O–H groups in total. The van der Waals surface area contributed by atoms with Crippen LogP contribution in [0.25, 0.3) is 16.0 Å². The molecule has 26 heavy (non-hydrogen) atoms. The highest BCUT2D eigenvalue weighted by Gasteiger charge is 2.30. The number of rotatable bonds is 7. The number of benzene rings is 1. The standard InChI is InChI=1S/C20H27FN4O/c1-12(2)19-14(5)18(15-6-8-16(21)9-7-15)17(10-26-11-23-25-22)20(24-19)13(3)4/h6-9,12-13,20,24H,10-11H2,1-5H3. The van der Waals surface area contributed by atoms with Gasteiger partial charge < -0.3 is 10.1 Å². The average Bonchev–Trinajstić information content (AvgIpc) is 2.59. The monoisotopic (exact) mass is 358 g/mol. The summed E-state index contributed by atoms with van der Waals surface area (Å²) in [6.07, 6.45) is 0. The van der Waals surface area contributed by atoms with Crippen LogP contribution in [-0.4, -0.2) is 19.4 Å². The number of allylic oxidation sites excluding steroid dienone is 3. The molecule has 5 nitrogen and oxygen atoms in total. The Morgan fingerprint density at radius 1 is 1.23 bits per heavy atom. The number of azide groups is 1. The van der Waals surface area contributed by atoms with E-state index in [4.69, 9.17) is 10.3 Å². The third-order valence-electron chi connectivity index (χ3n) is 4.63. The predicted molar refractivity (Wildman–Crippen MR) is 103 cm³/mol. The lowest BCUT2D eigenvalue weighted by Gasteiger charge is -2.37. The maximum Gasteiger partial charge on any atom is 0.126 e. The zero-order chi connectivity index (χ0) is 19.3. The van der Waals surface area contributed by atoms with E-state index in [1.54, 1.807) is 0 Å². The molecule has 1 unspecified atom stereocenters. The molecule has 0 spiro atoms. The highest BCUT2D eigenvalue weighted by atomic mass is 19.1. The Morgan fingerprint density at radius 2 is 1.88 bits per heavy atom. The molecule has 0 aliphatic carbocycles. The van der Waals surface area contributed by atoms with Gasteiger partial charge >= 0.3 is 0 Å². The van der Waals surface area contributed by atoms with Gasteiger partial charge in [-0.05, 0) is 58.7 Å². The van der Waals surface area contributed by atoms with Crippen molar-refractivity contribution in [1.29, 1.82) is 0 Å². The lowest BCUT2D eigenvalue weighted by atomic mass is 9.81. The molecule has 0 saturated carbocycles. The minimum Gasteiger partial charge on any atom is -0.381 e. The Hall–Kier alpha value is -2.30. The quantitative estimate of drug-likeness (QED) is 0.306. The van der Waals surface area contributed by atoms with Crippen molar-refractivity contribution < 1.29 is 9.13 Å². The molecule has 0 saturated heterocycles. The minimum absolute atomic E-state index is 0.0126. The largest absolute Gasteiger partial charge is 0.381 e. The second-order valence-corrected chi connectivity index (χ2v) is 7.17. The smallest absolute Gasteiger partial charge is 0.126 e. The van der Waals surface area contributed by atoms with Gasteiger partial charge in [0.25, 0.3) is 0 Å². The maximum absolute atomic E-state index is 13.4. The summed E-state index contributed by atoms with van der Waals surface area (Å²) >= 11 is 0. The summed E-state index contributed by atoms with van der Waals surface area (Å²) in [6, 6.07) is 6.68. The van der Waals surface area contributed by atoms with Crippen LogP contribution in [0.15, 0.2) is 46.2 Å². The first-order chi connectivity index (χ1) is 12.4. The van der Waals surface area contributed by atoms with E-state index >= 15 is 0 Å². The van der Waals surface area contributed by atoms with Crippen LogP contribution >= 0.6 is 0 Å². The van der Waals surface area contributed by atoms with E-state index in [-0.39, 0.29) is 18.6 Å². The predicted octanol–water partition coefficient (Wildman–Crippen LogP) is 5.42. The van der Waals surface area contributed by atoms with Crippen molar-refractivity contribution in [2.75, 3.05) is 13.3 Å². The SMILES string of the molecule is CC1=C(C(C)C)NC(C(C)C)C(COCN=[N+]=[N-])=C1c1ccc(F)cc1. The molecule has 0 aromatic heterocycles. The fourth-order valence-corrected chi connectivity index (χ4v) is 3.47. The van der Waals surface area contributed by atoms with Crippen LogP contribution in [0.4, 0.5) is 4.39 Å². The Kier molecular flexibility index (Phi) is 6.83. The van der Waals surface area contributed by atoms with Crippen molar-refractivity contribution in [2.45, 2.75) is 40.7 Å². The summed E-state index contributed by atoms with van der Waals surface area (Å²) in [6.45, 7) is 11.1. The first kappa shape index (κ1) is 20.0. The van der Waals surface area contributed by atoms with Gasteiger partial charge in [0, 0.05) is 10.6 Å². The molecule has 2 rings (SSSR count). The van der Waals surface area contributed by atoms with Gasteiger partial charge in [-0.3, -0.25) is 0 Å². The van der Waals surface area contributed by atoms with Crippen LogP contribution in [0.1, 0.15) is 40.2 Å². The zero-order valence-electron chi connectivity index (χ0n) is 16.1. The van der Waals surface area contributed by atoms with E-state index in [1.165, 1.54) is 17.8 Å². The molecule has 6 heteroatoms. The molecule has 0 fully saturated rings. The van der Waals surface area contributed by atoms with E-state index in [1.807, 2.05) is 12.1 Å². The summed E-state index contributed by atoms with van der Waals surface area (Å²) in [5.74, 6) is 0.429. The Labute approximate surface area is 154 Å². The number of dihydropyridines is 1. The molecule has 1 atom stereocenters. The van der Waals surface area contributed by atoms with Crippen LogP contribution in [-0.2, 0) is 4.74 Å². The highest BCUT2D eigenvalue weighted by molar-refractivity contribution is 5.83. The molecule has 0 amide bonds. The van der Waals surface area contributed by atoms with E-state index in [0.29, 0.717) is 18.4 Å². The molecule has 1 aromatic carbocycles. The first-order valence-corrected chi connectivity index (χ1v) is 8.92. The summed E-state index contributed by atoms with van der Waals surface area (Å²) < 4.78 is 19.0. The number of halogens is 1. The van der Waals surface area contributed by atoms with Crippen LogP contribution < -0.4 is 5.32 Å². The van der Waals surface area contributed by atoms with E-state index in [9.17, 15) is 4.39 Å². The van der Waals surface area contributed by atoms with Crippen molar-refractivity contribution >= 4 is 5.57 Å². The normalized spacial score (nSPS) is 17.6. The van der Waals surface area contributed by atoms with Gasteiger partial charge in [-0.1, -0.05) is 44.9 Å². The van der Waals surface area contributed by atoms with Crippen LogP contribution in [0.5, 0.6) is 0 Å². The second kappa shape index (κ2) is 8.88. The van der Waals surface area contributed by atoms with Crippen molar-refractivity contribution in [3.63, 3.8) is 0 Å². The highest BCUT2D eigenvalue weighted by Crippen LogP contribution is 2.37. The number of ether oxygens (including phenoxy) is 1. The number of nitrogens with one attached hydrogen (secondary N) is 1. The van der Waals surface area contributed by atoms with Gasteiger partial charge in [-0.2, -0.15) is 0 Å². The van der Waals surface area contributed by atoms with E-state index in [0.717, 1.165) is 22.3 Å². The Balaban J connectivity index is 2.59. The maximum atomic E-state index is 13.4. The fraction of sp³-hybridized carbons (Fsp3) is 0.500. The van der Waals surface area contributed by atoms with Crippen molar-refractivity contribution in [3.8, 4) is 0 Å². The van der Waals surface area contributed by atoms with Gasteiger partial charge in [-0.15, -0.1) is 0 Å². The minimum atomic E-state index is -0.254.